The highest BCUT2D eigenvalue weighted by molar-refractivity contribution is 4.95. The van der Waals surface area contributed by atoms with Crippen LogP contribution in [0.5, 0.6) is 0 Å². The van der Waals surface area contributed by atoms with Gasteiger partial charge >= 0.3 is 0 Å². The number of nitrogens with zero attached hydrogens (tertiary/aromatic N) is 1. The van der Waals surface area contributed by atoms with E-state index in [9.17, 15) is 0 Å². The van der Waals surface area contributed by atoms with E-state index in [1.807, 2.05) is 6.08 Å². The van der Waals surface area contributed by atoms with Gasteiger partial charge in [-0.2, -0.15) is 0 Å². The van der Waals surface area contributed by atoms with E-state index in [2.05, 4.69) is 18.0 Å². The Labute approximate surface area is 55.8 Å². The summed E-state index contributed by atoms with van der Waals surface area (Å²) in [6.07, 6.45) is 3.90. The Hall–Kier alpha value is -0.340. The van der Waals surface area contributed by atoms with Crippen molar-refractivity contribution in [1.29, 1.82) is 0 Å². The maximum Gasteiger partial charge on any atom is 0.0612 e. The monoisotopic (exact) mass is 127 g/mol. The summed E-state index contributed by atoms with van der Waals surface area (Å²) in [6, 6.07) is 0. The molecular weight excluding hydrogens is 114 g/mol. The van der Waals surface area contributed by atoms with Crippen LogP contribution in [0.1, 0.15) is 0 Å². The molecular formula is C7H13NO. The van der Waals surface area contributed by atoms with Gasteiger partial charge in [-0.3, -0.25) is 0 Å². The topological polar surface area (TPSA) is 23.5 Å². The van der Waals surface area contributed by atoms with Crippen molar-refractivity contribution in [2.45, 2.75) is 0 Å². The third-order valence-corrected chi connectivity index (χ3v) is 1.61. The van der Waals surface area contributed by atoms with Crippen LogP contribution in [-0.2, 0) is 0 Å². The van der Waals surface area contributed by atoms with Gasteiger partial charge in [-0.15, -0.1) is 0 Å². The molecule has 0 unspecified atom stereocenters. The molecule has 0 aromatic carbocycles. The molecule has 1 N–H and O–H groups in total. The van der Waals surface area contributed by atoms with E-state index in [0.717, 1.165) is 13.1 Å². The first-order valence-corrected chi connectivity index (χ1v) is 3.29. The van der Waals surface area contributed by atoms with E-state index in [1.165, 1.54) is 0 Å². The summed E-state index contributed by atoms with van der Waals surface area (Å²) in [5, 5.41) is 8.40. The minimum Gasteiger partial charge on any atom is -0.392 e. The average Bonchev–Trinajstić information content (AvgIpc) is 1.78. The summed E-state index contributed by atoms with van der Waals surface area (Å²) in [5.74, 6) is 0.696. The fourth-order valence-electron chi connectivity index (χ4n) is 1.12. The average molecular weight is 127 g/mol. The van der Waals surface area contributed by atoms with Crippen LogP contribution in [0.25, 0.3) is 0 Å². The van der Waals surface area contributed by atoms with Crippen molar-refractivity contribution < 1.29 is 5.11 Å². The summed E-state index contributed by atoms with van der Waals surface area (Å²) in [6.45, 7) is 2.48. The number of rotatable bonds is 2. The number of aliphatic hydroxyl groups is 1. The SMILES string of the molecule is CN1CC(/C=C/CO)C1. The van der Waals surface area contributed by atoms with Gasteiger partial charge in [-0.05, 0) is 7.05 Å². The molecule has 0 amide bonds. The van der Waals surface area contributed by atoms with E-state index in [1.54, 1.807) is 0 Å². The minimum absolute atomic E-state index is 0.181. The Morgan fingerprint density at radius 3 is 2.78 bits per heavy atom. The van der Waals surface area contributed by atoms with Gasteiger partial charge in [0.1, 0.15) is 0 Å². The summed E-state index contributed by atoms with van der Waals surface area (Å²) >= 11 is 0. The third-order valence-electron chi connectivity index (χ3n) is 1.61. The van der Waals surface area contributed by atoms with E-state index in [4.69, 9.17) is 5.11 Å². The van der Waals surface area contributed by atoms with E-state index in [-0.39, 0.29) is 6.61 Å². The number of hydrogen-bond acceptors (Lipinski definition) is 2. The van der Waals surface area contributed by atoms with Gasteiger partial charge in [0.15, 0.2) is 0 Å². The zero-order chi connectivity index (χ0) is 6.69. The second-order valence-corrected chi connectivity index (χ2v) is 2.59. The predicted octanol–water partition coefficient (Wildman–Crippen LogP) is 0.0965. The number of likely N-dealkylation sites (tertiary alicyclic amines) is 1. The molecule has 1 fully saturated rings. The largest absolute Gasteiger partial charge is 0.392 e. The van der Waals surface area contributed by atoms with Gasteiger partial charge in [-0.1, -0.05) is 12.2 Å². The molecule has 1 aliphatic heterocycles. The molecule has 0 radical (unpaired) electrons. The fourth-order valence-corrected chi connectivity index (χ4v) is 1.12. The van der Waals surface area contributed by atoms with Crippen molar-refractivity contribution in [2.75, 3.05) is 26.7 Å². The van der Waals surface area contributed by atoms with Crippen LogP contribution in [0.2, 0.25) is 0 Å². The van der Waals surface area contributed by atoms with Crippen LogP contribution in [0, 0.1) is 5.92 Å². The smallest absolute Gasteiger partial charge is 0.0612 e. The molecule has 0 spiro atoms. The van der Waals surface area contributed by atoms with Gasteiger partial charge in [0.05, 0.1) is 6.61 Å². The molecule has 1 heterocycles. The fraction of sp³-hybridized carbons (Fsp3) is 0.714. The lowest BCUT2D eigenvalue weighted by Gasteiger charge is -2.34. The molecule has 52 valence electrons. The molecule has 1 rings (SSSR count). The predicted molar refractivity (Wildman–Crippen MR) is 37.2 cm³/mol. The molecule has 0 saturated carbocycles. The summed E-state index contributed by atoms with van der Waals surface area (Å²) in [7, 11) is 2.10. The molecule has 0 aromatic heterocycles. The second-order valence-electron chi connectivity index (χ2n) is 2.59. The Morgan fingerprint density at radius 2 is 2.33 bits per heavy atom. The first kappa shape index (κ1) is 6.78. The summed E-state index contributed by atoms with van der Waals surface area (Å²) in [4.78, 5) is 2.26. The molecule has 2 nitrogen and oxygen atoms in total. The normalized spacial score (nSPS) is 22.9. The van der Waals surface area contributed by atoms with Crippen LogP contribution >= 0.6 is 0 Å². The Kier molecular flexibility index (Phi) is 2.25. The van der Waals surface area contributed by atoms with Crippen molar-refractivity contribution >= 4 is 0 Å². The Balaban J connectivity index is 2.10. The lowest BCUT2D eigenvalue weighted by atomic mass is 10.0. The number of hydrogen-bond donors (Lipinski definition) is 1. The van der Waals surface area contributed by atoms with Crippen molar-refractivity contribution in [1.82, 2.24) is 4.90 Å². The van der Waals surface area contributed by atoms with Crippen molar-refractivity contribution in [3.05, 3.63) is 12.2 Å². The zero-order valence-corrected chi connectivity index (χ0v) is 5.75. The van der Waals surface area contributed by atoms with Gasteiger partial charge < -0.3 is 10.0 Å². The molecule has 9 heavy (non-hydrogen) atoms. The van der Waals surface area contributed by atoms with Gasteiger partial charge in [-0.25, -0.2) is 0 Å². The molecule has 0 aliphatic carbocycles. The molecule has 1 aliphatic rings. The quantitative estimate of drug-likeness (QED) is 0.532. The molecule has 2 heteroatoms. The van der Waals surface area contributed by atoms with E-state index < -0.39 is 0 Å². The standard InChI is InChI=1S/C7H13NO/c1-8-5-7(6-8)3-2-4-9/h2-3,7,9H,4-6H2,1H3/b3-2+. The van der Waals surface area contributed by atoms with Gasteiger partial charge in [0, 0.05) is 19.0 Å². The Morgan fingerprint density at radius 1 is 1.67 bits per heavy atom. The summed E-state index contributed by atoms with van der Waals surface area (Å²) in [5.41, 5.74) is 0. The zero-order valence-electron chi connectivity index (χ0n) is 5.75. The highest BCUT2D eigenvalue weighted by atomic mass is 16.2. The number of aliphatic hydroxyl groups excluding tert-OH is 1. The molecule has 0 atom stereocenters. The summed E-state index contributed by atoms with van der Waals surface area (Å²) < 4.78 is 0. The van der Waals surface area contributed by atoms with Crippen molar-refractivity contribution in [3.63, 3.8) is 0 Å². The van der Waals surface area contributed by atoms with Crippen LogP contribution in [-0.4, -0.2) is 36.8 Å². The highest BCUT2D eigenvalue weighted by Gasteiger charge is 2.19. The first-order valence-electron chi connectivity index (χ1n) is 3.29. The maximum atomic E-state index is 8.40. The van der Waals surface area contributed by atoms with Gasteiger partial charge in [0.2, 0.25) is 0 Å². The lowest BCUT2D eigenvalue weighted by molar-refractivity contribution is 0.169. The third kappa shape index (κ3) is 1.80. The van der Waals surface area contributed by atoms with Crippen LogP contribution in [0.15, 0.2) is 12.2 Å². The van der Waals surface area contributed by atoms with E-state index in [0.29, 0.717) is 5.92 Å². The van der Waals surface area contributed by atoms with Crippen LogP contribution < -0.4 is 0 Å². The second kappa shape index (κ2) is 2.99. The first-order chi connectivity index (χ1) is 4.33. The molecule has 1 saturated heterocycles. The van der Waals surface area contributed by atoms with Crippen molar-refractivity contribution in [3.8, 4) is 0 Å². The van der Waals surface area contributed by atoms with E-state index >= 15 is 0 Å². The molecule has 0 aromatic rings. The highest BCUT2D eigenvalue weighted by Crippen LogP contribution is 2.12. The molecule has 0 bridgehead atoms. The van der Waals surface area contributed by atoms with Gasteiger partial charge in [0.25, 0.3) is 0 Å². The Bertz CT molecular complexity index is 105. The van der Waals surface area contributed by atoms with Crippen LogP contribution in [0.3, 0.4) is 0 Å². The lowest BCUT2D eigenvalue weighted by Crippen LogP contribution is -2.42. The van der Waals surface area contributed by atoms with Crippen LogP contribution in [0.4, 0.5) is 0 Å². The van der Waals surface area contributed by atoms with Crippen molar-refractivity contribution in [2.24, 2.45) is 5.92 Å². The minimum atomic E-state index is 0.181. The maximum absolute atomic E-state index is 8.40.